The Morgan fingerprint density at radius 1 is 1.20 bits per heavy atom. The van der Waals surface area contributed by atoms with E-state index in [2.05, 4.69) is 5.32 Å². The minimum Gasteiger partial charge on any atom is -0.493 e. The van der Waals surface area contributed by atoms with Crippen molar-refractivity contribution in [2.24, 2.45) is 5.92 Å². The number of para-hydroxylation sites is 2. The quantitative estimate of drug-likeness (QED) is 0.826. The van der Waals surface area contributed by atoms with Gasteiger partial charge in [-0.1, -0.05) is 26.0 Å². The highest BCUT2D eigenvalue weighted by molar-refractivity contribution is 5.88. The van der Waals surface area contributed by atoms with E-state index in [0.717, 1.165) is 0 Å². The van der Waals surface area contributed by atoms with Crippen LogP contribution in [0.4, 0.5) is 0 Å². The number of benzene rings is 1. The average Bonchev–Trinajstić information content (AvgIpc) is 2.42. The number of carbonyl (C=O) groups is 2. The molecule has 1 unspecified atom stereocenters. The minimum absolute atomic E-state index is 0.0442. The Labute approximate surface area is 119 Å². The van der Waals surface area contributed by atoms with E-state index in [-0.39, 0.29) is 24.2 Å². The van der Waals surface area contributed by atoms with Gasteiger partial charge in [0, 0.05) is 0 Å². The highest BCUT2D eigenvalue weighted by Gasteiger charge is 2.20. The van der Waals surface area contributed by atoms with Crippen molar-refractivity contribution >= 4 is 11.7 Å². The average molecular weight is 279 g/mol. The van der Waals surface area contributed by atoms with E-state index >= 15 is 0 Å². The summed E-state index contributed by atoms with van der Waals surface area (Å²) in [5, 5.41) is 2.67. The number of carbonyl (C=O) groups excluding carboxylic acids is 2. The third-order valence-corrected chi connectivity index (χ3v) is 2.85. The van der Waals surface area contributed by atoms with E-state index in [1.807, 2.05) is 19.9 Å². The van der Waals surface area contributed by atoms with E-state index in [4.69, 9.17) is 9.47 Å². The van der Waals surface area contributed by atoms with Gasteiger partial charge >= 0.3 is 0 Å². The lowest BCUT2D eigenvalue weighted by Crippen LogP contribution is -2.45. The molecule has 20 heavy (non-hydrogen) atoms. The topological polar surface area (TPSA) is 64.6 Å². The number of Topliss-reactive ketones (excluding diaryl/α,β-unsaturated/α-hetero) is 1. The molecule has 0 fully saturated rings. The molecule has 5 heteroatoms. The molecule has 0 bridgehead atoms. The van der Waals surface area contributed by atoms with Crippen LogP contribution in [0, 0.1) is 5.92 Å². The molecule has 1 aromatic rings. The number of amides is 1. The number of ketones is 1. The normalized spacial score (nSPS) is 11.8. The lowest BCUT2D eigenvalue weighted by Gasteiger charge is -2.19. The molecule has 0 aliphatic heterocycles. The van der Waals surface area contributed by atoms with Gasteiger partial charge in [-0.15, -0.1) is 0 Å². The third kappa shape index (κ3) is 4.57. The van der Waals surface area contributed by atoms with Gasteiger partial charge in [0.25, 0.3) is 5.91 Å². The molecule has 0 radical (unpaired) electrons. The minimum atomic E-state index is -0.483. The summed E-state index contributed by atoms with van der Waals surface area (Å²) >= 11 is 0. The molecule has 0 heterocycles. The maximum Gasteiger partial charge on any atom is 0.258 e. The lowest BCUT2D eigenvalue weighted by molar-refractivity contribution is -0.129. The van der Waals surface area contributed by atoms with Crippen LogP contribution in [0.2, 0.25) is 0 Å². The molecule has 5 nitrogen and oxygen atoms in total. The maximum atomic E-state index is 11.8. The zero-order valence-corrected chi connectivity index (χ0v) is 12.3. The first kappa shape index (κ1) is 16.0. The fourth-order valence-corrected chi connectivity index (χ4v) is 1.83. The van der Waals surface area contributed by atoms with E-state index < -0.39 is 6.04 Å². The first-order valence-electron chi connectivity index (χ1n) is 6.51. The molecule has 1 atom stereocenters. The number of ether oxygens (including phenoxy) is 2. The Balaban J connectivity index is 2.57. The summed E-state index contributed by atoms with van der Waals surface area (Å²) in [7, 11) is 1.53. The van der Waals surface area contributed by atoms with Gasteiger partial charge in [0.1, 0.15) is 0 Å². The lowest BCUT2D eigenvalue weighted by atomic mass is 10.0. The molecule has 0 aliphatic rings. The second kappa shape index (κ2) is 7.53. The van der Waals surface area contributed by atoms with Gasteiger partial charge in [0.05, 0.1) is 13.2 Å². The van der Waals surface area contributed by atoms with Gasteiger partial charge < -0.3 is 14.8 Å². The van der Waals surface area contributed by atoms with Gasteiger partial charge in [-0.05, 0) is 25.0 Å². The largest absolute Gasteiger partial charge is 0.493 e. The number of hydrogen-bond donors (Lipinski definition) is 1. The van der Waals surface area contributed by atoms with Crippen LogP contribution >= 0.6 is 0 Å². The highest BCUT2D eigenvalue weighted by Crippen LogP contribution is 2.25. The van der Waals surface area contributed by atoms with Crippen LogP contribution in [0.5, 0.6) is 11.5 Å². The molecule has 1 amide bonds. The van der Waals surface area contributed by atoms with Gasteiger partial charge in [0.15, 0.2) is 23.9 Å². The fraction of sp³-hybridized carbons (Fsp3) is 0.467. The summed E-state index contributed by atoms with van der Waals surface area (Å²) in [5.74, 6) is 0.708. The number of nitrogens with one attached hydrogen (secondary N) is 1. The Morgan fingerprint density at radius 3 is 2.30 bits per heavy atom. The first-order chi connectivity index (χ1) is 9.45. The van der Waals surface area contributed by atoms with Crippen LogP contribution in [0.3, 0.4) is 0 Å². The summed E-state index contributed by atoms with van der Waals surface area (Å²) in [6, 6.07) is 6.60. The zero-order valence-electron chi connectivity index (χ0n) is 12.3. The van der Waals surface area contributed by atoms with Crippen molar-refractivity contribution in [3.8, 4) is 11.5 Å². The summed E-state index contributed by atoms with van der Waals surface area (Å²) in [5.41, 5.74) is 0. The molecule has 1 aromatic carbocycles. The van der Waals surface area contributed by atoms with Crippen LogP contribution in [-0.2, 0) is 9.59 Å². The van der Waals surface area contributed by atoms with Gasteiger partial charge in [-0.3, -0.25) is 9.59 Å². The van der Waals surface area contributed by atoms with Gasteiger partial charge in [-0.2, -0.15) is 0 Å². The number of hydrogen-bond acceptors (Lipinski definition) is 4. The molecule has 1 rings (SSSR count). The van der Waals surface area contributed by atoms with Crippen molar-refractivity contribution in [2.75, 3.05) is 13.7 Å². The molecule has 110 valence electrons. The molecule has 0 aromatic heterocycles. The zero-order chi connectivity index (χ0) is 15.1. The third-order valence-electron chi connectivity index (χ3n) is 2.85. The Morgan fingerprint density at radius 2 is 1.80 bits per heavy atom. The summed E-state index contributed by atoms with van der Waals surface area (Å²) in [6.45, 7) is 5.07. The van der Waals surface area contributed by atoms with Crippen LogP contribution in [0.25, 0.3) is 0 Å². The van der Waals surface area contributed by atoms with Crippen LogP contribution in [0.15, 0.2) is 24.3 Å². The van der Waals surface area contributed by atoms with E-state index in [9.17, 15) is 9.59 Å². The molecule has 0 saturated carbocycles. The van der Waals surface area contributed by atoms with Crippen molar-refractivity contribution in [3.05, 3.63) is 24.3 Å². The summed E-state index contributed by atoms with van der Waals surface area (Å²) in [4.78, 5) is 23.2. The molecular weight excluding hydrogens is 258 g/mol. The smallest absolute Gasteiger partial charge is 0.258 e. The molecule has 0 aliphatic carbocycles. The summed E-state index contributed by atoms with van der Waals surface area (Å²) in [6.07, 6.45) is 0. The fourth-order valence-electron chi connectivity index (χ4n) is 1.83. The Kier molecular flexibility index (Phi) is 6.03. The predicted octanol–water partition coefficient (Wildman–Crippen LogP) is 1.80. The molecule has 1 N–H and O–H groups in total. The Bertz CT molecular complexity index is 471. The monoisotopic (exact) mass is 279 g/mol. The number of rotatable bonds is 7. The predicted molar refractivity (Wildman–Crippen MR) is 75.9 cm³/mol. The molecule has 0 spiro atoms. The second-order valence-electron chi connectivity index (χ2n) is 4.84. The van der Waals surface area contributed by atoms with Gasteiger partial charge in [-0.25, -0.2) is 0 Å². The highest BCUT2D eigenvalue weighted by atomic mass is 16.5. The van der Waals surface area contributed by atoms with Crippen LogP contribution in [-0.4, -0.2) is 31.4 Å². The first-order valence-corrected chi connectivity index (χ1v) is 6.51. The second-order valence-corrected chi connectivity index (χ2v) is 4.84. The SMILES string of the molecule is COc1ccccc1OCC(=O)NC(C(C)=O)C(C)C. The van der Waals surface area contributed by atoms with E-state index in [1.54, 1.807) is 18.2 Å². The molecule has 0 saturated heterocycles. The van der Waals surface area contributed by atoms with Crippen molar-refractivity contribution in [2.45, 2.75) is 26.8 Å². The van der Waals surface area contributed by atoms with Crippen LogP contribution in [0.1, 0.15) is 20.8 Å². The molecular formula is C15H21NO4. The van der Waals surface area contributed by atoms with E-state index in [1.165, 1.54) is 14.0 Å². The van der Waals surface area contributed by atoms with Crippen molar-refractivity contribution in [3.63, 3.8) is 0 Å². The van der Waals surface area contributed by atoms with Crippen molar-refractivity contribution < 1.29 is 19.1 Å². The Hall–Kier alpha value is -2.04. The summed E-state index contributed by atoms with van der Waals surface area (Å²) < 4.78 is 10.5. The standard InChI is InChI=1S/C15H21NO4/c1-10(2)15(11(3)17)16-14(18)9-20-13-8-6-5-7-12(13)19-4/h5-8,10,15H,9H2,1-4H3,(H,16,18). The van der Waals surface area contributed by atoms with Crippen molar-refractivity contribution in [1.29, 1.82) is 0 Å². The number of methoxy groups -OCH3 is 1. The van der Waals surface area contributed by atoms with E-state index in [0.29, 0.717) is 11.5 Å². The maximum absolute atomic E-state index is 11.8. The van der Waals surface area contributed by atoms with Crippen LogP contribution < -0.4 is 14.8 Å². The van der Waals surface area contributed by atoms with Gasteiger partial charge in [0.2, 0.25) is 0 Å². The van der Waals surface area contributed by atoms with Crippen molar-refractivity contribution in [1.82, 2.24) is 5.32 Å².